The van der Waals surface area contributed by atoms with Gasteiger partial charge >= 0.3 is 0 Å². The van der Waals surface area contributed by atoms with Crippen molar-refractivity contribution in [1.82, 2.24) is 15.5 Å². The van der Waals surface area contributed by atoms with E-state index >= 15 is 0 Å². The molecule has 144 valence electrons. The Hall–Kier alpha value is -2.18. The minimum Gasteiger partial charge on any atom is -0.356 e. The van der Waals surface area contributed by atoms with Gasteiger partial charge in [-0.05, 0) is 18.1 Å². The molecule has 0 saturated carbocycles. The minimum atomic E-state index is -0.578. The summed E-state index contributed by atoms with van der Waals surface area (Å²) < 4.78 is 26.9. The molecule has 2 rings (SSSR count). The van der Waals surface area contributed by atoms with E-state index in [-0.39, 0.29) is 23.8 Å². The van der Waals surface area contributed by atoms with E-state index < -0.39 is 11.6 Å². The van der Waals surface area contributed by atoms with E-state index in [9.17, 15) is 13.6 Å². The van der Waals surface area contributed by atoms with Crippen molar-refractivity contribution in [3.63, 3.8) is 0 Å². The molecule has 2 atom stereocenters. The minimum absolute atomic E-state index is 0.00218. The Morgan fingerprint density at radius 3 is 2.69 bits per heavy atom. The van der Waals surface area contributed by atoms with Gasteiger partial charge in [-0.2, -0.15) is 0 Å². The zero-order valence-corrected chi connectivity index (χ0v) is 15.9. The molecule has 1 amide bonds. The molecule has 1 fully saturated rings. The number of guanidine groups is 1. The summed E-state index contributed by atoms with van der Waals surface area (Å²) in [5, 5.41) is 6.49. The van der Waals surface area contributed by atoms with Crippen molar-refractivity contribution in [3.05, 3.63) is 35.4 Å². The number of likely N-dealkylation sites (tertiary alicyclic amines) is 1. The van der Waals surface area contributed by atoms with Crippen LogP contribution >= 0.6 is 0 Å². The summed E-state index contributed by atoms with van der Waals surface area (Å²) in [5.74, 6) is -0.484. The van der Waals surface area contributed by atoms with Crippen molar-refractivity contribution in [2.45, 2.75) is 39.2 Å². The maximum absolute atomic E-state index is 13.9. The Morgan fingerprint density at radius 2 is 2.08 bits per heavy atom. The summed E-state index contributed by atoms with van der Waals surface area (Å²) >= 11 is 0. The van der Waals surface area contributed by atoms with Crippen molar-refractivity contribution in [3.8, 4) is 0 Å². The molecule has 0 spiro atoms. The van der Waals surface area contributed by atoms with Crippen molar-refractivity contribution in [2.75, 3.05) is 26.7 Å². The Balaban J connectivity index is 1.85. The number of hydrogen-bond acceptors (Lipinski definition) is 2. The molecule has 0 bridgehead atoms. The number of rotatable bonds is 5. The van der Waals surface area contributed by atoms with Gasteiger partial charge in [0.2, 0.25) is 5.91 Å². The molecule has 1 aliphatic heterocycles. The summed E-state index contributed by atoms with van der Waals surface area (Å²) in [6.07, 6.45) is 0.862. The summed E-state index contributed by atoms with van der Waals surface area (Å²) in [5.41, 5.74) is 0.462. The summed E-state index contributed by atoms with van der Waals surface area (Å²) in [7, 11) is 1.67. The second-order valence-corrected chi connectivity index (χ2v) is 7.09. The Bertz CT molecular complexity index is 663. The molecule has 1 aliphatic rings. The maximum atomic E-state index is 13.9. The molecule has 1 aromatic carbocycles. The SMILES string of the molecule is CN=C(NCC(C)c1ccc(F)cc1F)NC1CCN(C(=O)C(C)C)C1. The first-order valence-electron chi connectivity index (χ1n) is 9.02. The highest BCUT2D eigenvalue weighted by Gasteiger charge is 2.28. The average Bonchev–Trinajstić information content (AvgIpc) is 3.05. The van der Waals surface area contributed by atoms with E-state index in [1.165, 1.54) is 12.1 Å². The van der Waals surface area contributed by atoms with Crippen LogP contribution in [0, 0.1) is 17.6 Å². The van der Waals surface area contributed by atoms with E-state index in [1.54, 1.807) is 7.05 Å². The van der Waals surface area contributed by atoms with Crippen LogP contribution in [0.15, 0.2) is 23.2 Å². The zero-order valence-electron chi connectivity index (χ0n) is 15.9. The van der Waals surface area contributed by atoms with Crippen LogP contribution in [0.4, 0.5) is 8.78 Å². The largest absolute Gasteiger partial charge is 0.356 e. The number of carbonyl (C=O) groups is 1. The van der Waals surface area contributed by atoms with Gasteiger partial charge in [0.15, 0.2) is 5.96 Å². The first-order chi connectivity index (χ1) is 12.3. The molecular weight excluding hydrogens is 338 g/mol. The number of aliphatic imine (C=N–C) groups is 1. The van der Waals surface area contributed by atoms with Crippen LogP contribution in [0.5, 0.6) is 0 Å². The number of benzene rings is 1. The lowest BCUT2D eigenvalue weighted by atomic mass is 10.0. The van der Waals surface area contributed by atoms with Crippen molar-refractivity contribution < 1.29 is 13.6 Å². The monoisotopic (exact) mass is 366 g/mol. The van der Waals surface area contributed by atoms with Crippen LogP contribution < -0.4 is 10.6 Å². The lowest BCUT2D eigenvalue weighted by Gasteiger charge is -2.21. The normalized spacial score (nSPS) is 19.0. The van der Waals surface area contributed by atoms with Crippen LogP contribution in [0.25, 0.3) is 0 Å². The Kier molecular flexibility index (Phi) is 6.94. The number of amides is 1. The number of halogens is 2. The third-order valence-corrected chi connectivity index (χ3v) is 4.63. The van der Waals surface area contributed by atoms with Crippen LogP contribution in [0.3, 0.4) is 0 Å². The predicted octanol–water partition coefficient (Wildman–Crippen LogP) is 2.49. The molecule has 7 heteroatoms. The summed E-state index contributed by atoms with van der Waals surface area (Å²) in [6.45, 7) is 7.53. The highest BCUT2D eigenvalue weighted by atomic mass is 19.1. The van der Waals surface area contributed by atoms with Gasteiger partial charge in [-0.1, -0.05) is 26.8 Å². The number of carbonyl (C=O) groups excluding carboxylic acids is 1. The fourth-order valence-electron chi connectivity index (χ4n) is 3.09. The quantitative estimate of drug-likeness (QED) is 0.622. The number of hydrogen-bond donors (Lipinski definition) is 2. The fraction of sp³-hybridized carbons (Fsp3) is 0.579. The van der Waals surface area contributed by atoms with Gasteiger partial charge in [-0.25, -0.2) is 8.78 Å². The van der Waals surface area contributed by atoms with Crippen LogP contribution in [-0.4, -0.2) is 49.5 Å². The predicted molar refractivity (Wildman–Crippen MR) is 99.1 cm³/mol. The zero-order chi connectivity index (χ0) is 19.3. The molecule has 0 aliphatic carbocycles. The van der Waals surface area contributed by atoms with Crippen LogP contribution in [0.1, 0.15) is 38.7 Å². The van der Waals surface area contributed by atoms with E-state index in [0.717, 1.165) is 19.0 Å². The topological polar surface area (TPSA) is 56.7 Å². The number of nitrogens with one attached hydrogen (secondary N) is 2. The van der Waals surface area contributed by atoms with E-state index in [2.05, 4.69) is 15.6 Å². The van der Waals surface area contributed by atoms with Gasteiger partial charge in [0.05, 0.1) is 0 Å². The van der Waals surface area contributed by atoms with Gasteiger partial charge in [0, 0.05) is 50.6 Å². The van der Waals surface area contributed by atoms with Gasteiger partial charge in [-0.15, -0.1) is 0 Å². The standard InChI is InChI=1S/C19H28F2N4O/c1-12(2)18(26)25-8-7-15(11-25)24-19(22-4)23-10-13(3)16-6-5-14(20)9-17(16)21/h5-6,9,12-13,15H,7-8,10-11H2,1-4H3,(H2,22,23,24). The molecule has 1 heterocycles. The molecule has 1 aromatic rings. The molecule has 0 aromatic heterocycles. The molecule has 2 unspecified atom stereocenters. The summed E-state index contributed by atoms with van der Waals surface area (Å²) in [6, 6.07) is 3.78. The van der Waals surface area contributed by atoms with Gasteiger partial charge in [0.1, 0.15) is 11.6 Å². The Morgan fingerprint density at radius 1 is 1.35 bits per heavy atom. The van der Waals surface area contributed by atoms with Crippen molar-refractivity contribution >= 4 is 11.9 Å². The van der Waals surface area contributed by atoms with Crippen molar-refractivity contribution in [1.29, 1.82) is 0 Å². The smallest absolute Gasteiger partial charge is 0.225 e. The van der Waals surface area contributed by atoms with Gasteiger partial charge in [0.25, 0.3) is 0 Å². The van der Waals surface area contributed by atoms with Gasteiger partial charge in [-0.3, -0.25) is 9.79 Å². The third-order valence-electron chi connectivity index (χ3n) is 4.63. The highest BCUT2D eigenvalue weighted by Crippen LogP contribution is 2.19. The third kappa shape index (κ3) is 5.16. The van der Waals surface area contributed by atoms with E-state index in [4.69, 9.17) is 0 Å². The molecule has 26 heavy (non-hydrogen) atoms. The molecule has 1 saturated heterocycles. The van der Waals surface area contributed by atoms with Gasteiger partial charge < -0.3 is 15.5 Å². The van der Waals surface area contributed by atoms with Crippen LogP contribution in [0.2, 0.25) is 0 Å². The number of nitrogens with zero attached hydrogens (tertiary/aromatic N) is 2. The van der Waals surface area contributed by atoms with E-state index in [0.29, 0.717) is 24.6 Å². The first kappa shape index (κ1) is 20.1. The van der Waals surface area contributed by atoms with Crippen molar-refractivity contribution in [2.24, 2.45) is 10.9 Å². The Labute approximate surface area is 153 Å². The fourth-order valence-corrected chi connectivity index (χ4v) is 3.09. The molecule has 0 radical (unpaired) electrons. The maximum Gasteiger partial charge on any atom is 0.225 e. The lowest BCUT2D eigenvalue weighted by molar-refractivity contribution is -0.133. The molecule has 5 nitrogen and oxygen atoms in total. The van der Waals surface area contributed by atoms with Crippen LogP contribution in [-0.2, 0) is 4.79 Å². The second kappa shape index (κ2) is 8.96. The van der Waals surface area contributed by atoms with E-state index in [1.807, 2.05) is 25.7 Å². The highest BCUT2D eigenvalue weighted by molar-refractivity contribution is 5.81. The first-order valence-corrected chi connectivity index (χ1v) is 9.02. The average molecular weight is 366 g/mol. The summed E-state index contributed by atoms with van der Waals surface area (Å²) in [4.78, 5) is 18.1. The second-order valence-electron chi connectivity index (χ2n) is 7.09. The molecular formula is C19H28F2N4O. The molecule has 2 N–H and O–H groups in total. The lowest BCUT2D eigenvalue weighted by Crippen LogP contribution is -2.46.